The molecular weight excluding hydrogens is 386 g/mol. The lowest BCUT2D eigenvalue weighted by atomic mass is 10.0. The van der Waals surface area contributed by atoms with Crippen molar-refractivity contribution < 1.29 is 4.79 Å². The number of nitrogens with one attached hydrogen (secondary N) is 1. The molecule has 146 valence electrons. The Kier molecular flexibility index (Phi) is 5.18. The van der Waals surface area contributed by atoms with E-state index in [9.17, 15) is 4.79 Å². The highest BCUT2D eigenvalue weighted by Gasteiger charge is 2.30. The van der Waals surface area contributed by atoms with Gasteiger partial charge in [0.1, 0.15) is 6.17 Å². The Balaban J connectivity index is 1.69. The van der Waals surface area contributed by atoms with Crippen LogP contribution in [0.5, 0.6) is 0 Å². The first-order valence-electron chi connectivity index (χ1n) is 9.22. The highest BCUT2D eigenvalue weighted by atomic mass is 35.5. The maximum atomic E-state index is 11.7. The summed E-state index contributed by atoms with van der Waals surface area (Å²) in [5, 5.41) is 9.90. The highest BCUT2D eigenvalue weighted by molar-refractivity contribution is 6.38. The molecule has 4 rings (SSSR count). The Morgan fingerprint density at radius 1 is 1.17 bits per heavy atom. The van der Waals surface area contributed by atoms with E-state index in [2.05, 4.69) is 15.4 Å². The molecular formula is C22H20ClN5O. The van der Waals surface area contributed by atoms with Gasteiger partial charge < -0.3 is 11.1 Å². The van der Waals surface area contributed by atoms with E-state index >= 15 is 0 Å². The Bertz CT molecular complexity index is 1080. The van der Waals surface area contributed by atoms with Gasteiger partial charge in [-0.1, -0.05) is 48.0 Å². The van der Waals surface area contributed by atoms with Crippen LogP contribution in [0.2, 0.25) is 5.02 Å². The summed E-state index contributed by atoms with van der Waals surface area (Å²) < 4.78 is 0. The van der Waals surface area contributed by atoms with Crippen molar-refractivity contribution in [3.63, 3.8) is 0 Å². The molecule has 6 nitrogen and oxygen atoms in total. The lowest BCUT2D eigenvalue weighted by molar-refractivity contribution is -0.112. The zero-order valence-corrected chi connectivity index (χ0v) is 16.6. The molecule has 1 aromatic heterocycles. The molecule has 7 heteroatoms. The lowest BCUT2D eigenvalue weighted by Gasteiger charge is -2.23. The number of hydrazone groups is 1. The molecule has 0 bridgehead atoms. The molecule has 1 unspecified atom stereocenters. The number of nitrogens with two attached hydrogens (primary N) is 1. The molecule has 0 saturated heterocycles. The van der Waals surface area contributed by atoms with Gasteiger partial charge in [-0.2, -0.15) is 0 Å². The number of amidine groups is 1. The molecule has 3 N–H and O–H groups in total. The maximum Gasteiger partial charge on any atom is 0.286 e. The third-order valence-corrected chi connectivity index (χ3v) is 5.03. The molecule has 0 radical (unpaired) electrons. The van der Waals surface area contributed by atoms with Crippen LogP contribution in [0.15, 0.2) is 72.0 Å². The minimum atomic E-state index is -0.602. The second-order valence-corrected chi connectivity index (χ2v) is 7.31. The van der Waals surface area contributed by atoms with Gasteiger partial charge in [0.05, 0.1) is 0 Å². The second-order valence-electron chi connectivity index (χ2n) is 6.87. The zero-order valence-electron chi connectivity index (χ0n) is 15.8. The molecule has 2 aromatic carbocycles. The van der Waals surface area contributed by atoms with Gasteiger partial charge in [-0.25, -0.2) is 9.99 Å². The van der Waals surface area contributed by atoms with Crippen LogP contribution in [0.4, 0.5) is 5.82 Å². The molecule has 1 amide bonds. The van der Waals surface area contributed by atoms with Gasteiger partial charge in [-0.3, -0.25) is 4.79 Å². The Morgan fingerprint density at radius 3 is 2.69 bits per heavy atom. The monoisotopic (exact) mass is 405 g/mol. The van der Waals surface area contributed by atoms with Gasteiger partial charge in [-0.15, -0.1) is 5.10 Å². The van der Waals surface area contributed by atoms with E-state index in [0.717, 1.165) is 22.3 Å². The zero-order chi connectivity index (χ0) is 20.4. The molecule has 0 aliphatic carbocycles. The third-order valence-electron chi connectivity index (χ3n) is 4.79. The minimum absolute atomic E-state index is 0.126. The molecule has 1 aliphatic heterocycles. The summed E-state index contributed by atoms with van der Waals surface area (Å²) in [7, 11) is 0. The van der Waals surface area contributed by atoms with E-state index in [0.29, 0.717) is 17.3 Å². The number of anilines is 1. The molecule has 0 saturated carbocycles. The number of nitrogens with zero attached hydrogens (tertiary/aromatic N) is 3. The highest BCUT2D eigenvalue weighted by Crippen LogP contribution is 2.29. The lowest BCUT2D eigenvalue weighted by Crippen LogP contribution is -2.43. The molecule has 3 aromatic rings. The Morgan fingerprint density at radius 2 is 1.97 bits per heavy atom. The van der Waals surface area contributed by atoms with E-state index in [1.165, 1.54) is 0 Å². The number of carbonyl (C=O) groups is 1. The fraction of sp³-hybridized carbons (Fsp3) is 0.136. The molecule has 1 aliphatic rings. The third kappa shape index (κ3) is 4.07. The van der Waals surface area contributed by atoms with E-state index in [1.54, 1.807) is 11.2 Å². The number of halogens is 1. The Labute approximate surface area is 174 Å². The normalized spacial score (nSPS) is 15.7. The number of pyridine rings is 1. The molecule has 2 heterocycles. The summed E-state index contributed by atoms with van der Waals surface area (Å²) in [6.07, 6.45) is 2.09. The van der Waals surface area contributed by atoms with Crippen molar-refractivity contribution in [3.05, 3.63) is 83.0 Å². The van der Waals surface area contributed by atoms with Crippen LogP contribution in [0.3, 0.4) is 0 Å². The van der Waals surface area contributed by atoms with Gasteiger partial charge in [-0.05, 0) is 53.4 Å². The van der Waals surface area contributed by atoms with Crippen molar-refractivity contribution in [2.45, 2.75) is 19.5 Å². The van der Waals surface area contributed by atoms with Crippen LogP contribution in [0, 0.1) is 6.92 Å². The summed E-state index contributed by atoms with van der Waals surface area (Å²) >= 11 is 6.09. The van der Waals surface area contributed by atoms with Crippen LogP contribution in [0.25, 0.3) is 11.1 Å². The summed E-state index contributed by atoms with van der Waals surface area (Å²) in [5.41, 5.74) is 9.68. The molecule has 0 spiro atoms. The number of aromatic nitrogens is 1. The topological polar surface area (TPSA) is 83.6 Å². The van der Waals surface area contributed by atoms with Gasteiger partial charge in [0.2, 0.25) is 5.84 Å². The smallest absolute Gasteiger partial charge is 0.286 e. The van der Waals surface area contributed by atoms with E-state index in [-0.39, 0.29) is 12.0 Å². The largest absolute Gasteiger partial charge is 0.363 e. The predicted octanol–water partition coefficient (Wildman–Crippen LogP) is 3.49. The van der Waals surface area contributed by atoms with Crippen molar-refractivity contribution in [1.29, 1.82) is 0 Å². The van der Waals surface area contributed by atoms with E-state index in [4.69, 9.17) is 17.3 Å². The average molecular weight is 406 g/mol. The predicted molar refractivity (Wildman–Crippen MR) is 116 cm³/mol. The van der Waals surface area contributed by atoms with Crippen molar-refractivity contribution in [1.82, 2.24) is 10.3 Å². The van der Waals surface area contributed by atoms with E-state index < -0.39 is 5.91 Å². The summed E-state index contributed by atoms with van der Waals surface area (Å²) in [5.74, 6) is 0.151. The number of carbonyl (C=O) groups excluding carboxylic acids is 1. The van der Waals surface area contributed by atoms with Crippen LogP contribution in [-0.2, 0) is 11.2 Å². The number of amides is 1. The first kappa shape index (κ1) is 19.0. The summed E-state index contributed by atoms with van der Waals surface area (Å²) in [4.78, 5) is 16.2. The van der Waals surface area contributed by atoms with Crippen LogP contribution in [-0.4, -0.2) is 22.9 Å². The number of aryl methyl sites for hydroxylation is 1. The molecule has 1 atom stereocenters. The number of primary amides is 1. The average Bonchev–Trinajstić information content (AvgIpc) is 3.13. The minimum Gasteiger partial charge on any atom is -0.363 e. The van der Waals surface area contributed by atoms with Gasteiger partial charge in [0, 0.05) is 17.6 Å². The summed E-state index contributed by atoms with van der Waals surface area (Å²) in [6, 6.07) is 19.6. The fourth-order valence-corrected chi connectivity index (χ4v) is 3.62. The maximum absolute atomic E-state index is 11.7. The van der Waals surface area contributed by atoms with Crippen LogP contribution < -0.4 is 16.1 Å². The second kappa shape index (κ2) is 7.93. The fourth-order valence-electron chi connectivity index (χ4n) is 3.39. The van der Waals surface area contributed by atoms with Gasteiger partial charge >= 0.3 is 0 Å². The van der Waals surface area contributed by atoms with Crippen LogP contribution >= 0.6 is 11.6 Å². The molecule has 29 heavy (non-hydrogen) atoms. The van der Waals surface area contributed by atoms with E-state index in [1.807, 2.05) is 67.6 Å². The number of rotatable bonds is 5. The first-order valence-corrected chi connectivity index (χ1v) is 9.60. The van der Waals surface area contributed by atoms with Crippen molar-refractivity contribution in [2.24, 2.45) is 10.8 Å². The molecule has 0 fully saturated rings. The van der Waals surface area contributed by atoms with Crippen molar-refractivity contribution in [2.75, 3.05) is 5.01 Å². The first-order chi connectivity index (χ1) is 14.0. The Hall–Kier alpha value is -3.38. The number of hydrogen-bond acceptors (Lipinski definition) is 5. The number of hydrogen-bond donors (Lipinski definition) is 2. The standard InChI is InChI=1S/C22H20ClN5O/c1-14-11-17(23)7-8-18(14)16-9-10-25-19(13-16)28-20(26-22(27-28)21(24)29)12-15-5-3-2-4-6-15/h2-11,13,20H,12H2,1H3,(H2,24,29)(H,26,27). The summed E-state index contributed by atoms with van der Waals surface area (Å²) in [6.45, 7) is 2.01. The van der Waals surface area contributed by atoms with Crippen LogP contribution in [0.1, 0.15) is 11.1 Å². The number of benzene rings is 2. The SMILES string of the molecule is Cc1cc(Cl)ccc1-c1ccnc(N2N=C(C(N)=O)NC2Cc2ccccc2)c1. The quantitative estimate of drug-likeness (QED) is 0.680. The van der Waals surface area contributed by atoms with Crippen molar-refractivity contribution in [3.8, 4) is 11.1 Å². The van der Waals surface area contributed by atoms with Gasteiger partial charge in [0.25, 0.3) is 5.91 Å². The van der Waals surface area contributed by atoms with Crippen molar-refractivity contribution >= 4 is 29.2 Å². The van der Waals surface area contributed by atoms with Gasteiger partial charge in [0.15, 0.2) is 5.82 Å².